The second-order valence-electron chi connectivity index (χ2n) is 3.51. The predicted octanol–water partition coefficient (Wildman–Crippen LogP) is 0.571. The van der Waals surface area contributed by atoms with Gasteiger partial charge in [-0.25, -0.2) is 13.1 Å². The molecule has 0 fully saturated rings. The van der Waals surface area contributed by atoms with E-state index in [-0.39, 0.29) is 0 Å². The van der Waals surface area contributed by atoms with Crippen LogP contribution in [0.5, 0.6) is 0 Å². The largest absolute Gasteiger partial charge is 0.383 e. The molecule has 0 saturated carbocycles. The smallest absolute Gasteiger partial charge is 0.250 e. The Hall–Kier alpha value is -0.470. The van der Waals surface area contributed by atoms with Gasteiger partial charge in [0.1, 0.15) is 4.21 Å². The lowest BCUT2D eigenvalue weighted by Crippen LogP contribution is -2.32. The van der Waals surface area contributed by atoms with Gasteiger partial charge in [-0.1, -0.05) is 0 Å². The summed E-state index contributed by atoms with van der Waals surface area (Å²) >= 11 is 1.28. The fourth-order valence-electron chi connectivity index (χ4n) is 1.20. The van der Waals surface area contributed by atoms with Crippen LogP contribution >= 0.6 is 11.3 Å². The Balaban J connectivity index is 2.31. The van der Waals surface area contributed by atoms with Crippen molar-refractivity contribution in [3.63, 3.8) is 0 Å². The molecule has 1 heterocycles. The van der Waals surface area contributed by atoms with E-state index in [4.69, 9.17) is 4.74 Å². The van der Waals surface area contributed by atoms with Crippen molar-refractivity contribution in [2.24, 2.45) is 0 Å². The van der Waals surface area contributed by atoms with E-state index in [9.17, 15) is 8.42 Å². The number of hydrogen-bond donors (Lipinski definition) is 2. The van der Waals surface area contributed by atoms with Crippen LogP contribution in [0.2, 0.25) is 0 Å². The van der Waals surface area contributed by atoms with E-state index >= 15 is 0 Å². The molecule has 1 aromatic rings. The van der Waals surface area contributed by atoms with Crippen molar-refractivity contribution in [3.8, 4) is 0 Å². The van der Waals surface area contributed by atoms with E-state index in [0.29, 0.717) is 23.9 Å². The highest BCUT2D eigenvalue weighted by atomic mass is 32.2. The van der Waals surface area contributed by atoms with Gasteiger partial charge < -0.3 is 10.1 Å². The van der Waals surface area contributed by atoms with Crippen LogP contribution < -0.4 is 10.0 Å². The summed E-state index contributed by atoms with van der Waals surface area (Å²) in [7, 11) is -1.71. The molecule has 0 aliphatic rings. The standard InChI is InChI=1S/C10H18N2O3S2/c1-9-3-4-10(16-9)17(13,14)12-6-5-11-7-8-15-2/h3-4,11-12H,5-8H2,1-2H3. The van der Waals surface area contributed by atoms with Crippen LogP contribution in [0.3, 0.4) is 0 Å². The lowest BCUT2D eigenvalue weighted by atomic mass is 10.5. The number of thiophene rings is 1. The number of sulfonamides is 1. The molecule has 0 radical (unpaired) electrons. The summed E-state index contributed by atoms with van der Waals surface area (Å²) in [4.78, 5) is 0.989. The highest BCUT2D eigenvalue weighted by molar-refractivity contribution is 7.91. The molecule has 7 heteroatoms. The quantitative estimate of drug-likeness (QED) is 0.682. The van der Waals surface area contributed by atoms with Crippen LogP contribution in [0.4, 0.5) is 0 Å². The fourth-order valence-corrected chi connectivity index (χ4v) is 3.56. The minimum absolute atomic E-state index is 0.367. The number of aryl methyl sites for hydroxylation is 1. The Bertz CT molecular complexity index is 429. The van der Waals surface area contributed by atoms with Crippen molar-refractivity contribution in [2.45, 2.75) is 11.1 Å². The molecule has 0 saturated heterocycles. The molecule has 0 aliphatic heterocycles. The van der Waals surface area contributed by atoms with E-state index in [1.807, 2.05) is 6.92 Å². The Morgan fingerprint density at radius 3 is 2.65 bits per heavy atom. The van der Waals surface area contributed by atoms with Crippen LogP contribution in [0.15, 0.2) is 16.3 Å². The second-order valence-corrected chi connectivity index (χ2v) is 6.79. The molecule has 17 heavy (non-hydrogen) atoms. The maximum Gasteiger partial charge on any atom is 0.250 e. The van der Waals surface area contributed by atoms with Gasteiger partial charge in [0, 0.05) is 31.6 Å². The molecule has 1 rings (SSSR count). The molecule has 0 bridgehead atoms. The molecular weight excluding hydrogens is 260 g/mol. The SMILES string of the molecule is COCCNCCNS(=O)(=O)c1ccc(C)s1. The molecule has 0 aromatic carbocycles. The number of rotatable bonds is 8. The molecule has 0 unspecified atom stereocenters. The maximum atomic E-state index is 11.8. The van der Waals surface area contributed by atoms with Gasteiger partial charge in [-0.2, -0.15) is 0 Å². The van der Waals surface area contributed by atoms with Gasteiger partial charge in [0.15, 0.2) is 0 Å². The van der Waals surface area contributed by atoms with Crippen LogP contribution in [-0.4, -0.2) is 41.8 Å². The molecule has 0 spiro atoms. The van der Waals surface area contributed by atoms with E-state index in [1.165, 1.54) is 11.3 Å². The molecule has 0 atom stereocenters. The third kappa shape index (κ3) is 5.13. The number of nitrogens with one attached hydrogen (secondary N) is 2. The Kier molecular flexibility index (Phi) is 6.07. The lowest BCUT2D eigenvalue weighted by molar-refractivity contribution is 0.199. The van der Waals surface area contributed by atoms with Crippen molar-refractivity contribution < 1.29 is 13.2 Å². The topological polar surface area (TPSA) is 67.4 Å². The zero-order valence-electron chi connectivity index (χ0n) is 10.0. The summed E-state index contributed by atoms with van der Waals surface area (Å²) in [6.07, 6.45) is 0. The first-order valence-electron chi connectivity index (χ1n) is 5.32. The van der Waals surface area contributed by atoms with Gasteiger partial charge in [-0.05, 0) is 19.1 Å². The van der Waals surface area contributed by atoms with Crippen LogP contribution in [0.1, 0.15) is 4.88 Å². The number of hydrogen-bond acceptors (Lipinski definition) is 5. The highest BCUT2D eigenvalue weighted by Gasteiger charge is 2.14. The summed E-state index contributed by atoms with van der Waals surface area (Å²) in [5, 5.41) is 3.07. The molecule has 2 N–H and O–H groups in total. The van der Waals surface area contributed by atoms with Crippen LogP contribution in [0.25, 0.3) is 0 Å². The molecule has 0 aliphatic carbocycles. The van der Waals surface area contributed by atoms with Gasteiger partial charge in [0.2, 0.25) is 10.0 Å². The number of ether oxygens (including phenoxy) is 1. The van der Waals surface area contributed by atoms with Gasteiger partial charge >= 0.3 is 0 Å². The third-order valence-electron chi connectivity index (χ3n) is 2.06. The summed E-state index contributed by atoms with van der Waals surface area (Å²) in [5.74, 6) is 0. The fraction of sp³-hybridized carbons (Fsp3) is 0.600. The molecule has 0 amide bonds. The molecule has 5 nitrogen and oxygen atoms in total. The van der Waals surface area contributed by atoms with Crippen LogP contribution in [-0.2, 0) is 14.8 Å². The molecular formula is C10H18N2O3S2. The zero-order valence-corrected chi connectivity index (χ0v) is 11.7. The van der Waals surface area contributed by atoms with E-state index in [1.54, 1.807) is 19.2 Å². The average Bonchev–Trinajstić information content (AvgIpc) is 2.71. The summed E-state index contributed by atoms with van der Waals surface area (Å²) in [6, 6.07) is 3.43. The van der Waals surface area contributed by atoms with Gasteiger partial charge in [-0.3, -0.25) is 0 Å². The maximum absolute atomic E-state index is 11.8. The van der Waals surface area contributed by atoms with Crippen molar-refractivity contribution in [2.75, 3.05) is 33.4 Å². The minimum atomic E-state index is -3.33. The Labute approximate surface area is 106 Å². The lowest BCUT2D eigenvalue weighted by Gasteiger charge is -2.06. The molecule has 98 valence electrons. The van der Waals surface area contributed by atoms with Gasteiger partial charge in [0.05, 0.1) is 6.61 Å². The normalized spacial score (nSPS) is 11.9. The zero-order chi connectivity index (χ0) is 12.7. The monoisotopic (exact) mass is 278 g/mol. The first-order chi connectivity index (χ1) is 8.06. The Morgan fingerprint density at radius 2 is 2.06 bits per heavy atom. The van der Waals surface area contributed by atoms with E-state index in [0.717, 1.165) is 11.4 Å². The van der Waals surface area contributed by atoms with Crippen molar-refractivity contribution >= 4 is 21.4 Å². The Morgan fingerprint density at radius 1 is 1.29 bits per heavy atom. The van der Waals surface area contributed by atoms with Crippen LogP contribution in [0, 0.1) is 6.92 Å². The second kappa shape index (κ2) is 7.07. The van der Waals surface area contributed by atoms with Crippen molar-refractivity contribution in [1.29, 1.82) is 0 Å². The first kappa shape index (κ1) is 14.6. The molecule has 1 aromatic heterocycles. The number of methoxy groups -OCH3 is 1. The van der Waals surface area contributed by atoms with E-state index in [2.05, 4.69) is 10.0 Å². The van der Waals surface area contributed by atoms with Gasteiger partial charge in [-0.15, -0.1) is 11.3 Å². The summed E-state index contributed by atoms with van der Waals surface area (Å²) in [6.45, 7) is 4.19. The van der Waals surface area contributed by atoms with Crippen molar-refractivity contribution in [3.05, 3.63) is 17.0 Å². The summed E-state index contributed by atoms with van der Waals surface area (Å²) in [5.41, 5.74) is 0. The first-order valence-corrected chi connectivity index (χ1v) is 7.62. The highest BCUT2D eigenvalue weighted by Crippen LogP contribution is 2.19. The van der Waals surface area contributed by atoms with Crippen molar-refractivity contribution in [1.82, 2.24) is 10.0 Å². The van der Waals surface area contributed by atoms with Gasteiger partial charge in [0.25, 0.3) is 0 Å². The van der Waals surface area contributed by atoms with E-state index < -0.39 is 10.0 Å². The predicted molar refractivity (Wildman–Crippen MR) is 69.0 cm³/mol. The average molecular weight is 278 g/mol. The minimum Gasteiger partial charge on any atom is -0.383 e. The third-order valence-corrected chi connectivity index (χ3v) is 5.01. The summed E-state index contributed by atoms with van der Waals surface area (Å²) < 4.78 is 31.3.